The van der Waals surface area contributed by atoms with Crippen LogP contribution in [-0.2, 0) is 13.0 Å². The van der Waals surface area contributed by atoms with Gasteiger partial charge in [-0.25, -0.2) is 4.79 Å². The van der Waals surface area contributed by atoms with Gasteiger partial charge < -0.3 is 14.9 Å². The Morgan fingerprint density at radius 1 is 1.17 bits per heavy atom. The number of nitrogens with zero attached hydrogens (tertiary/aromatic N) is 2. The van der Waals surface area contributed by atoms with E-state index in [4.69, 9.17) is 11.6 Å². The third-order valence-electron chi connectivity index (χ3n) is 5.00. The first-order valence-electron chi connectivity index (χ1n) is 8.21. The summed E-state index contributed by atoms with van der Waals surface area (Å²) < 4.78 is 0. The van der Waals surface area contributed by atoms with Gasteiger partial charge >= 0.3 is 6.09 Å². The van der Waals surface area contributed by atoms with E-state index >= 15 is 0 Å². The molecule has 124 valence electrons. The Morgan fingerprint density at radius 3 is 2.71 bits per heavy atom. The second-order valence-electron chi connectivity index (χ2n) is 6.51. The lowest BCUT2D eigenvalue weighted by Crippen LogP contribution is -2.35. The lowest BCUT2D eigenvalue weighted by atomic mass is 9.95. The van der Waals surface area contributed by atoms with Gasteiger partial charge in [-0.15, -0.1) is 0 Å². The van der Waals surface area contributed by atoms with Gasteiger partial charge in [-0.1, -0.05) is 48.0 Å². The number of hydrogen-bond acceptors (Lipinski definition) is 2. The van der Waals surface area contributed by atoms with Gasteiger partial charge in [-0.3, -0.25) is 0 Å². The molecule has 4 nitrogen and oxygen atoms in total. The van der Waals surface area contributed by atoms with Crippen LogP contribution < -0.4 is 4.90 Å². The third kappa shape index (κ3) is 2.61. The minimum absolute atomic E-state index is 0.191. The van der Waals surface area contributed by atoms with E-state index in [0.717, 1.165) is 30.2 Å². The van der Waals surface area contributed by atoms with Crippen molar-refractivity contribution in [2.24, 2.45) is 0 Å². The fourth-order valence-corrected chi connectivity index (χ4v) is 4.23. The molecular weight excluding hydrogens is 324 g/mol. The molecule has 0 bridgehead atoms. The molecule has 24 heavy (non-hydrogen) atoms. The van der Waals surface area contributed by atoms with Crippen molar-refractivity contribution >= 4 is 23.4 Å². The van der Waals surface area contributed by atoms with Crippen LogP contribution in [0.3, 0.4) is 0 Å². The van der Waals surface area contributed by atoms with Crippen LogP contribution in [0.25, 0.3) is 0 Å². The van der Waals surface area contributed by atoms with Crippen molar-refractivity contribution in [2.45, 2.75) is 18.9 Å². The Hall–Kier alpha value is -2.20. The molecule has 0 saturated heterocycles. The van der Waals surface area contributed by atoms with E-state index in [1.807, 2.05) is 24.3 Å². The average Bonchev–Trinajstić information content (AvgIpc) is 2.82. The maximum absolute atomic E-state index is 11.5. The van der Waals surface area contributed by atoms with E-state index in [-0.39, 0.29) is 5.92 Å². The SMILES string of the molecule is O=C(O)N1CCc2ccc(Cl)c3c2[C@@H](C1)CN3Cc1ccccc1. The predicted molar refractivity (Wildman–Crippen MR) is 95.0 cm³/mol. The van der Waals surface area contributed by atoms with Crippen LogP contribution in [0.4, 0.5) is 10.5 Å². The lowest BCUT2D eigenvalue weighted by Gasteiger charge is -2.23. The monoisotopic (exact) mass is 342 g/mol. The van der Waals surface area contributed by atoms with Crippen molar-refractivity contribution in [3.8, 4) is 0 Å². The minimum atomic E-state index is -0.836. The zero-order chi connectivity index (χ0) is 16.7. The van der Waals surface area contributed by atoms with E-state index in [0.29, 0.717) is 13.1 Å². The summed E-state index contributed by atoms with van der Waals surface area (Å²) in [6.07, 6.45) is -0.0847. The molecule has 2 aliphatic rings. The summed E-state index contributed by atoms with van der Waals surface area (Å²) in [7, 11) is 0. The summed E-state index contributed by atoms with van der Waals surface area (Å²) in [5.41, 5.74) is 4.81. The summed E-state index contributed by atoms with van der Waals surface area (Å²) in [6, 6.07) is 14.3. The van der Waals surface area contributed by atoms with E-state index in [1.54, 1.807) is 0 Å². The Kier molecular flexibility index (Phi) is 3.85. The van der Waals surface area contributed by atoms with Crippen molar-refractivity contribution < 1.29 is 9.90 Å². The molecule has 2 aliphatic heterocycles. The van der Waals surface area contributed by atoms with Crippen LogP contribution in [-0.4, -0.2) is 35.7 Å². The van der Waals surface area contributed by atoms with Crippen molar-refractivity contribution in [1.29, 1.82) is 0 Å². The molecule has 2 aromatic carbocycles. The molecule has 0 spiro atoms. The van der Waals surface area contributed by atoms with E-state index in [1.165, 1.54) is 21.6 Å². The molecule has 1 atom stereocenters. The van der Waals surface area contributed by atoms with Crippen LogP contribution in [0.15, 0.2) is 42.5 Å². The number of carboxylic acid groups (broad SMARTS) is 1. The fourth-order valence-electron chi connectivity index (χ4n) is 3.95. The Morgan fingerprint density at radius 2 is 1.96 bits per heavy atom. The molecule has 1 N–H and O–H groups in total. The minimum Gasteiger partial charge on any atom is -0.465 e. The number of hydrogen-bond donors (Lipinski definition) is 1. The van der Waals surface area contributed by atoms with Gasteiger partial charge in [0.05, 0.1) is 10.7 Å². The highest BCUT2D eigenvalue weighted by molar-refractivity contribution is 6.33. The average molecular weight is 343 g/mol. The molecule has 4 rings (SSSR count). The summed E-state index contributed by atoms with van der Waals surface area (Å²) >= 11 is 6.53. The van der Waals surface area contributed by atoms with Crippen LogP contribution in [0, 0.1) is 0 Å². The first-order chi connectivity index (χ1) is 11.6. The van der Waals surface area contributed by atoms with Crippen LogP contribution in [0.1, 0.15) is 22.6 Å². The summed E-state index contributed by atoms with van der Waals surface area (Å²) in [4.78, 5) is 15.3. The summed E-state index contributed by atoms with van der Waals surface area (Å²) in [5, 5.41) is 10.2. The quantitative estimate of drug-likeness (QED) is 0.897. The summed E-state index contributed by atoms with van der Waals surface area (Å²) in [6.45, 7) is 2.70. The second kappa shape index (κ2) is 6.02. The molecule has 0 aliphatic carbocycles. The van der Waals surface area contributed by atoms with Gasteiger partial charge in [0.25, 0.3) is 0 Å². The van der Waals surface area contributed by atoms with E-state index in [2.05, 4.69) is 23.1 Å². The molecule has 0 aromatic heterocycles. The van der Waals surface area contributed by atoms with Crippen molar-refractivity contribution in [1.82, 2.24) is 4.90 Å². The predicted octanol–water partition coefficient (Wildman–Crippen LogP) is 3.98. The molecule has 5 heteroatoms. The van der Waals surface area contributed by atoms with Gasteiger partial charge in [-0.2, -0.15) is 0 Å². The summed E-state index contributed by atoms with van der Waals surface area (Å²) in [5.74, 6) is 0.191. The topological polar surface area (TPSA) is 43.8 Å². The van der Waals surface area contributed by atoms with Gasteiger partial charge in [0, 0.05) is 32.1 Å². The van der Waals surface area contributed by atoms with E-state index < -0.39 is 6.09 Å². The molecule has 1 amide bonds. The maximum Gasteiger partial charge on any atom is 0.407 e. The van der Waals surface area contributed by atoms with Gasteiger partial charge in [-0.05, 0) is 29.2 Å². The smallest absolute Gasteiger partial charge is 0.407 e. The van der Waals surface area contributed by atoms with Gasteiger partial charge in [0.15, 0.2) is 0 Å². The Balaban J connectivity index is 1.72. The fraction of sp³-hybridized carbons (Fsp3) is 0.316. The van der Waals surface area contributed by atoms with Crippen LogP contribution >= 0.6 is 11.6 Å². The first kappa shape index (κ1) is 15.3. The highest BCUT2D eigenvalue weighted by atomic mass is 35.5. The molecule has 0 fully saturated rings. The zero-order valence-electron chi connectivity index (χ0n) is 13.3. The van der Waals surface area contributed by atoms with Crippen LogP contribution in [0.5, 0.6) is 0 Å². The second-order valence-corrected chi connectivity index (χ2v) is 6.92. The lowest BCUT2D eigenvalue weighted by molar-refractivity contribution is 0.144. The number of rotatable bonds is 2. The number of anilines is 1. The van der Waals surface area contributed by atoms with Gasteiger partial charge in [0.1, 0.15) is 0 Å². The molecular formula is C19H19ClN2O2. The van der Waals surface area contributed by atoms with Crippen molar-refractivity contribution in [2.75, 3.05) is 24.5 Å². The number of carbonyl (C=O) groups is 1. The Bertz CT molecular complexity index is 778. The highest BCUT2D eigenvalue weighted by Gasteiger charge is 2.36. The first-order valence-corrected chi connectivity index (χ1v) is 8.59. The van der Waals surface area contributed by atoms with Gasteiger partial charge in [0.2, 0.25) is 0 Å². The van der Waals surface area contributed by atoms with Crippen molar-refractivity contribution in [3.05, 3.63) is 64.2 Å². The Labute approximate surface area is 146 Å². The number of halogens is 1. The molecule has 0 radical (unpaired) electrons. The van der Waals surface area contributed by atoms with Crippen molar-refractivity contribution in [3.63, 3.8) is 0 Å². The molecule has 2 aromatic rings. The third-order valence-corrected chi connectivity index (χ3v) is 5.31. The molecule has 0 saturated carbocycles. The highest BCUT2D eigenvalue weighted by Crippen LogP contribution is 2.45. The maximum atomic E-state index is 11.5. The largest absolute Gasteiger partial charge is 0.465 e. The zero-order valence-corrected chi connectivity index (χ0v) is 14.0. The number of benzene rings is 2. The van der Waals surface area contributed by atoms with E-state index in [9.17, 15) is 9.90 Å². The normalized spacial score (nSPS) is 19.1. The number of amides is 1. The standard InChI is InChI=1S/C19H19ClN2O2/c20-16-7-6-14-8-9-21(19(23)24)11-15-12-22(18(16)17(14)15)10-13-4-2-1-3-5-13/h1-7,15H,8-12H2,(H,23,24)/t15-/m0/s1. The molecule has 2 heterocycles. The molecule has 0 unspecified atom stereocenters. The van der Waals surface area contributed by atoms with Crippen LogP contribution in [0.2, 0.25) is 5.02 Å².